The first-order valence-electron chi connectivity index (χ1n) is 2.32. The van der Waals surface area contributed by atoms with Crippen LogP contribution in [-0.2, 0) is 7.80 Å². The minimum atomic E-state index is -0.774. The quantitative estimate of drug-likeness (QED) is 0.434. The minimum Gasteiger partial charge on any atom is -0.434 e. The fraction of sp³-hybridized carbons (Fsp3) is 0.750. The summed E-state index contributed by atoms with van der Waals surface area (Å²) in [5.74, 6) is 0. The fourth-order valence-corrected chi connectivity index (χ4v) is 0.359. The van der Waals surface area contributed by atoms with Gasteiger partial charge in [-0.15, -0.1) is 0 Å². The van der Waals surface area contributed by atoms with Gasteiger partial charge in [-0.3, -0.25) is 4.39 Å². The highest BCUT2D eigenvalue weighted by Gasteiger charge is 1.98. The van der Waals surface area contributed by atoms with E-state index in [1.54, 1.807) is 0 Å². The molecule has 3 nitrogen and oxygen atoms in total. The van der Waals surface area contributed by atoms with Gasteiger partial charge in [0.05, 0.1) is 13.3 Å². The zero-order valence-corrected chi connectivity index (χ0v) is 6.76. The molecule has 0 aromatic rings. The summed E-state index contributed by atoms with van der Waals surface area (Å²) in [6.45, 7) is -0.396. The van der Waals surface area contributed by atoms with E-state index >= 15 is 0 Å². The summed E-state index contributed by atoms with van der Waals surface area (Å²) < 4.78 is 19.7. The Morgan fingerprint density at radius 3 is 2.78 bits per heavy atom. The van der Waals surface area contributed by atoms with Gasteiger partial charge in [0, 0.05) is 6.42 Å². The molecule has 0 rings (SSSR count). The maximum absolute atomic E-state index is 11.3. The van der Waals surface area contributed by atoms with Gasteiger partial charge in [-0.1, -0.05) is 0 Å². The van der Waals surface area contributed by atoms with Crippen molar-refractivity contribution in [2.75, 3.05) is 13.3 Å². The van der Waals surface area contributed by atoms with E-state index in [2.05, 4.69) is 7.80 Å². The molecule has 0 saturated heterocycles. The highest BCUT2D eigenvalue weighted by molar-refractivity contribution is 14.1. The molecule has 0 unspecified atom stereocenters. The molecule has 0 aromatic heterocycles. The predicted molar refractivity (Wildman–Crippen MR) is 37.0 cm³/mol. The Morgan fingerprint density at radius 1 is 1.67 bits per heavy atom. The molecule has 0 amide bonds. The maximum Gasteiger partial charge on any atom is 0.517 e. The first-order chi connectivity index (χ1) is 4.31. The van der Waals surface area contributed by atoms with E-state index in [9.17, 15) is 9.18 Å². The molecule has 0 fully saturated rings. The third kappa shape index (κ3) is 5.81. The van der Waals surface area contributed by atoms with E-state index in [1.807, 2.05) is 0 Å². The van der Waals surface area contributed by atoms with E-state index in [1.165, 1.54) is 23.0 Å². The summed E-state index contributed by atoms with van der Waals surface area (Å²) in [6.07, 6.45) is -0.546. The largest absolute Gasteiger partial charge is 0.517 e. The van der Waals surface area contributed by atoms with Crippen molar-refractivity contribution in [3.63, 3.8) is 0 Å². The second-order valence-corrected chi connectivity index (χ2v) is 1.66. The number of ether oxygens (including phenoxy) is 1. The highest BCUT2D eigenvalue weighted by Crippen LogP contribution is 1.92. The molecule has 0 aliphatic carbocycles. The first-order valence-corrected chi connectivity index (χ1v) is 3.20. The standard InChI is InChI=1S/C4H6FIO3/c5-2-1-3-8-4(7)9-6/h1-3H2. The first kappa shape index (κ1) is 8.93. The van der Waals surface area contributed by atoms with E-state index in [-0.39, 0.29) is 13.0 Å². The van der Waals surface area contributed by atoms with Crippen LogP contribution in [0.5, 0.6) is 0 Å². The topological polar surface area (TPSA) is 35.5 Å². The van der Waals surface area contributed by atoms with Crippen LogP contribution in [0.2, 0.25) is 0 Å². The number of rotatable bonds is 3. The molecule has 0 N–H and O–H groups in total. The lowest BCUT2D eigenvalue weighted by molar-refractivity contribution is 0.110. The van der Waals surface area contributed by atoms with Crippen LogP contribution in [0, 0.1) is 0 Å². The minimum absolute atomic E-state index is 0.0817. The highest BCUT2D eigenvalue weighted by atomic mass is 127. The van der Waals surface area contributed by atoms with Gasteiger partial charge in [0.25, 0.3) is 0 Å². The van der Waals surface area contributed by atoms with Crippen molar-refractivity contribution in [1.82, 2.24) is 0 Å². The summed E-state index contributed by atoms with van der Waals surface area (Å²) >= 11 is 1.40. The smallest absolute Gasteiger partial charge is 0.434 e. The number of carbonyl (C=O) groups excluding carboxylic acids is 1. The van der Waals surface area contributed by atoms with E-state index in [4.69, 9.17) is 0 Å². The number of hydrogen-bond donors (Lipinski definition) is 0. The maximum atomic E-state index is 11.3. The summed E-state index contributed by atoms with van der Waals surface area (Å²) in [5.41, 5.74) is 0. The number of carbonyl (C=O) groups is 1. The Balaban J connectivity index is 2.97. The van der Waals surface area contributed by atoms with Crippen LogP contribution < -0.4 is 0 Å². The molecular formula is C4H6FIO3. The third-order valence-corrected chi connectivity index (χ3v) is 0.920. The molecule has 0 bridgehead atoms. The van der Waals surface area contributed by atoms with Gasteiger partial charge >= 0.3 is 6.16 Å². The third-order valence-electron chi connectivity index (χ3n) is 0.561. The Hall–Kier alpha value is -0.0700. The summed E-state index contributed by atoms with van der Waals surface area (Å²) in [7, 11) is 0. The van der Waals surface area contributed by atoms with Crippen LogP contribution in [0.4, 0.5) is 9.18 Å². The fourth-order valence-electron chi connectivity index (χ4n) is 0.232. The van der Waals surface area contributed by atoms with Gasteiger partial charge in [-0.2, -0.15) is 0 Å². The molecule has 5 heteroatoms. The van der Waals surface area contributed by atoms with Crippen molar-refractivity contribution < 1.29 is 17.0 Å². The normalized spacial score (nSPS) is 8.67. The molecule has 0 atom stereocenters. The molecule has 0 aliphatic rings. The van der Waals surface area contributed by atoms with Crippen molar-refractivity contribution in [3.05, 3.63) is 0 Å². The molecule has 9 heavy (non-hydrogen) atoms. The van der Waals surface area contributed by atoms with Crippen LogP contribution in [-0.4, -0.2) is 19.4 Å². The molecular weight excluding hydrogens is 242 g/mol. The van der Waals surface area contributed by atoms with Gasteiger partial charge in [-0.25, -0.2) is 4.79 Å². The van der Waals surface area contributed by atoms with Gasteiger partial charge < -0.3 is 7.80 Å². The van der Waals surface area contributed by atoms with Crippen LogP contribution >= 0.6 is 23.0 Å². The van der Waals surface area contributed by atoms with E-state index < -0.39 is 12.8 Å². The Morgan fingerprint density at radius 2 is 2.33 bits per heavy atom. The van der Waals surface area contributed by atoms with Crippen LogP contribution in [0.3, 0.4) is 0 Å². The summed E-state index contributed by atoms with van der Waals surface area (Å²) in [5, 5.41) is 0. The van der Waals surface area contributed by atoms with Crippen molar-refractivity contribution in [2.45, 2.75) is 6.42 Å². The van der Waals surface area contributed by atoms with Crippen LogP contribution in [0.15, 0.2) is 0 Å². The second-order valence-electron chi connectivity index (χ2n) is 1.22. The zero-order chi connectivity index (χ0) is 7.11. The molecule has 0 spiro atoms. The van der Waals surface area contributed by atoms with Crippen molar-refractivity contribution in [3.8, 4) is 0 Å². The predicted octanol–water partition coefficient (Wildman–Crippen LogP) is 1.85. The van der Waals surface area contributed by atoms with Gasteiger partial charge in [-0.05, 0) is 0 Å². The number of halogens is 2. The van der Waals surface area contributed by atoms with Crippen LogP contribution in [0.1, 0.15) is 6.42 Å². The number of hydrogen-bond acceptors (Lipinski definition) is 3. The van der Waals surface area contributed by atoms with Gasteiger partial charge in [0.2, 0.25) is 0 Å². The monoisotopic (exact) mass is 248 g/mol. The second kappa shape index (κ2) is 6.06. The molecule has 0 aliphatic heterocycles. The van der Waals surface area contributed by atoms with E-state index in [0.29, 0.717) is 0 Å². The summed E-state index contributed by atoms with van der Waals surface area (Å²) in [4.78, 5) is 10.1. The Bertz CT molecular complexity index is 87.9. The zero-order valence-electron chi connectivity index (χ0n) is 4.60. The lowest BCUT2D eigenvalue weighted by Crippen LogP contribution is -2.02. The lowest BCUT2D eigenvalue weighted by Gasteiger charge is -1.96. The van der Waals surface area contributed by atoms with E-state index in [0.717, 1.165) is 0 Å². The molecule has 0 saturated carbocycles. The summed E-state index contributed by atoms with van der Waals surface area (Å²) in [6, 6.07) is 0. The molecule has 0 aromatic carbocycles. The molecule has 54 valence electrons. The van der Waals surface area contributed by atoms with Crippen LogP contribution in [0.25, 0.3) is 0 Å². The molecule has 0 radical (unpaired) electrons. The van der Waals surface area contributed by atoms with Crippen molar-refractivity contribution >= 4 is 29.2 Å². The Kier molecular flexibility index (Phi) is 6.01. The SMILES string of the molecule is O=C(OI)OCCCF. The van der Waals surface area contributed by atoms with Gasteiger partial charge in [0.15, 0.2) is 23.0 Å². The molecule has 0 heterocycles. The van der Waals surface area contributed by atoms with Crippen molar-refractivity contribution in [2.24, 2.45) is 0 Å². The van der Waals surface area contributed by atoms with Gasteiger partial charge in [0.1, 0.15) is 0 Å². The number of alkyl halides is 1. The average molecular weight is 248 g/mol. The average Bonchev–Trinajstić information content (AvgIpc) is 1.89. The Labute approximate surface area is 66.2 Å². The lowest BCUT2D eigenvalue weighted by atomic mass is 10.5. The van der Waals surface area contributed by atoms with Crippen molar-refractivity contribution in [1.29, 1.82) is 0 Å².